The maximum absolute atomic E-state index is 12.6. The number of nitrogens with one attached hydrogen (secondary N) is 2. The number of rotatable bonds is 7. The van der Waals surface area contributed by atoms with Crippen molar-refractivity contribution in [2.24, 2.45) is 0 Å². The van der Waals surface area contributed by atoms with Crippen LogP contribution in [0.4, 0.5) is 5.82 Å². The number of carboxylic acids is 1. The van der Waals surface area contributed by atoms with E-state index in [2.05, 4.69) is 25.5 Å². The summed E-state index contributed by atoms with van der Waals surface area (Å²) >= 11 is 3.49. The van der Waals surface area contributed by atoms with E-state index in [9.17, 15) is 19.5 Å². The third kappa shape index (κ3) is 4.01. The average Bonchev–Trinajstić information content (AvgIpc) is 3.21. The van der Waals surface area contributed by atoms with Crippen LogP contribution in [0.25, 0.3) is 11.0 Å². The minimum atomic E-state index is -1.26. The lowest BCUT2D eigenvalue weighted by Crippen LogP contribution is -2.70. The number of carbonyl (C=O) groups excluding carboxylic acids is 2. The summed E-state index contributed by atoms with van der Waals surface area (Å²) in [4.78, 5) is 46.6. The first-order chi connectivity index (χ1) is 14.9. The molecule has 160 valence electrons. The monoisotopic (exact) mass is 478 g/mol. The molecule has 2 atom stereocenters. The standard InChI is InChI=1S/C16H14N8O4S3/c17-1-2-29-5-8(25)20-9-13(26)24-10(15(27)28)7(4-30-14(9)24)31-16-21-11(18)6-3-19-23-12(6)22-16/h3,9,14H,2,4-5H2,(H,20,25)(H,27,28)(H3,18,19,21,22,23)/t9?,14-/m1/s1. The van der Waals surface area contributed by atoms with Crippen LogP contribution in [-0.2, 0) is 14.4 Å². The van der Waals surface area contributed by atoms with Gasteiger partial charge in [0.25, 0.3) is 5.91 Å². The van der Waals surface area contributed by atoms with Crippen molar-refractivity contribution in [3.05, 3.63) is 16.8 Å². The fraction of sp³-hybridized carbons (Fsp3) is 0.312. The molecule has 1 saturated heterocycles. The molecule has 0 bridgehead atoms. The zero-order valence-corrected chi connectivity index (χ0v) is 18.0. The van der Waals surface area contributed by atoms with Crippen molar-refractivity contribution in [1.82, 2.24) is 30.4 Å². The Balaban J connectivity index is 1.53. The van der Waals surface area contributed by atoms with E-state index in [4.69, 9.17) is 11.0 Å². The predicted molar refractivity (Wildman–Crippen MR) is 115 cm³/mol. The largest absolute Gasteiger partial charge is 0.477 e. The minimum Gasteiger partial charge on any atom is -0.477 e. The van der Waals surface area contributed by atoms with E-state index in [1.54, 1.807) is 0 Å². The van der Waals surface area contributed by atoms with Gasteiger partial charge in [-0.2, -0.15) is 10.4 Å². The van der Waals surface area contributed by atoms with Crippen LogP contribution in [0.3, 0.4) is 0 Å². The number of hydrogen-bond donors (Lipinski definition) is 4. The number of amides is 2. The Morgan fingerprint density at radius 1 is 1.48 bits per heavy atom. The highest BCUT2D eigenvalue weighted by Crippen LogP contribution is 2.44. The normalized spacial score (nSPS) is 20.2. The van der Waals surface area contributed by atoms with E-state index < -0.39 is 23.3 Å². The van der Waals surface area contributed by atoms with E-state index in [1.165, 1.54) is 22.9 Å². The fourth-order valence-electron chi connectivity index (χ4n) is 3.07. The number of anilines is 1. The number of hydrogen-bond acceptors (Lipinski definition) is 11. The Morgan fingerprint density at radius 2 is 2.29 bits per heavy atom. The Bertz CT molecular complexity index is 1160. The molecule has 31 heavy (non-hydrogen) atoms. The smallest absolute Gasteiger partial charge is 0.353 e. The van der Waals surface area contributed by atoms with Crippen LogP contribution in [0, 0.1) is 11.3 Å². The van der Waals surface area contributed by atoms with E-state index in [0.29, 0.717) is 21.7 Å². The Labute approximate surface area is 187 Å². The summed E-state index contributed by atoms with van der Waals surface area (Å²) in [5.41, 5.74) is 6.17. The number of nitrogens with zero attached hydrogens (tertiary/aromatic N) is 5. The first-order valence-corrected chi connectivity index (χ1v) is 11.7. The highest BCUT2D eigenvalue weighted by molar-refractivity contribution is 8.06. The molecule has 0 radical (unpaired) electrons. The van der Waals surface area contributed by atoms with E-state index >= 15 is 0 Å². The van der Waals surface area contributed by atoms with Crippen molar-refractivity contribution in [3.8, 4) is 6.07 Å². The van der Waals surface area contributed by atoms with Gasteiger partial charge in [0, 0.05) is 10.7 Å². The molecule has 2 aliphatic rings. The second kappa shape index (κ2) is 8.65. The first kappa shape index (κ1) is 21.3. The van der Waals surface area contributed by atoms with E-state index in [-0.39, 0.29) is 34.1 Å². The predicted octanol–water partition coefficient (Wildman–Crippen LogP) is -0.0199. The van der Waals surface area contributed by atoms with Gasteiger partial charge in [-0.3, -0.25) is 19.6 Å². The summed E-state index contributed by atoms with van der Waals surface area (Å²) in [6.45, 7) is 0. The van der Waals surface area contributed by atoms with Gasteiger partial charge in [-0.15, -0.1) is 23.5 Å². The van der Waals surface area contributed by atoms with Crippen molar-refractivity contribution in [2.45, 2.75) is 16.6 Å². The van der Waals surface area contributed by atoms with Crippen LogP contribution >= 0.6 is 35.3 Å². The SMILES string of the molecule is N#CCSCC(=O)NC1C(=O)N2C(C(=O)O)=C(Sc3nc(N)c4cn[nH]c4n3)CS[C@H]12. The number of nitrogens with two attached hydrogens (primary N) is 1. The molecule has 2 aliphatic heterocycles. The minimum absolute atomic E-state index is 0.0479. The molecule has 4 heterocycles. The molecule has 0 aliphatic carbocycles. The molecule has 1 unspecified atom stereocenters. The molecule has 2 aromatic rings. The van der Waals surface area contributed by atoms with Crippen LogP contribution in [0.5, 0.6) is 0 Å². The lowest BCUT2D eigenvalue weighted by molar-refractivity contribution is -0.150. The number of aromatic nitrogens is 4. The Morgan fingerprint density at radius 3 is 3.03 bits per heavy atom. The van der Waals surface area contributed by atoms with E-state index in [0.717, 1.165) is 23.5 Å². The second-order valence-corrected chi connectivity index (χ2v) is 9.46. The van der Waals surface area contributed by atoms with Gasteiger partial charge in [0.2, 0.25) is 5.91 Å². The van der Waals surface area contributed by atoms with Crippen molar-refractivity contribution in [3.63, 3.8) is 0 Å². The van der Waals surface area contributed by atoms with Gasteiger partial charge in [0.05, 0.1) is 29.2 Å². The summed E-state index contributed by atoms with van der Waals surface area (Å²) in [7, 11) is 0. The van der Waals surface area contributed by atoms with Gasteiger partial charge in [-0.05, 0) is 0 Å². The number of fused-ring (bicyclic) bond motifs is 2. The van der Waals surface area contributed by atoms with Gasteiger partial charge in [-0.1, -0.05) is 11.8 Å². The molecule has 2 aromatic heterocycles. The van der Waals surface area contributed by atoms with E-state index in [1.807, 2.05) is 6.07 Å². The van der Waals surface area contributed by atoms with Gasteiger partial charge in [0.15, 0.2) is 10.8 Å². The van der Waals surface area contributed by atoms with Gasteiger partial charge < -0.3 is 16.2 Å². The zero-order valence-electron chi connectivity index (χ0n) is 15.6. The van der Waals surface area contributed by atoms with Crippen LogP contribution in [0.2, 0.25) is 0 Å². The summed E-state index contributed by atoms with van der Waals surface area (Å²) in [5.74, 6) is -1.43. The molecular weight excluding hydrogens is 464 g/mol. The van der Waals surface area contributed by atoms with Gasteiger partial charge >= 0.3 is 5.97 Å². The second-order valence-electron chi connectivity index (χ2n) is 6.31. The van der Waals surface area contributed by atoms with Crippen LogP contribution in [0.1, 0.15) is 0 Å². The molecule has 1 fully saturated rings. The molecule has 5 N–H and O–H groups in total. The Kier molecular flexibility index (Phi) is 5.94. The summed E-state index contributed by atoms with van der Waals surface area (Å²) < 4.78 is 0. The Hall–Kier alpha value is -2.96. The lowest BCUT2D eigenvalue weighted by atomic mass is 10.1. The van der Waals surface area contributed by atoms with Crippen LogP contribution in [0.15, 0.2) is 22.0 Å². The molecule has 4 rings (SSSR count). The van der Waals surface area contributed by atoms with Gasteiger partial charge in [0.1, 0.15) is 22.9 Å². The molecule has 0 aromatic carbocycles. The fourth-order valence-corrected chi connectivity index (χ4v) is 5.95. The molecule has 12 nitrogen and oxygen atoms in total. The number of thioether (sulfide) groups is 3. The maximum Gasteiger partial charge on any atom is 0.353 e. The summed E-state index contributed by atoms with van der Waals surface area (Å²) in [6.07, 6.45) is 1.49. The quantitative estimate of drug-likeness (QED) is 0.236. The number of H-pyrrole nitrogens is 1. The number of nitriles is 1. The number of aromatic amines is 1. The maximum atomic E-state index is 12.6. The van der Waals surface area contributed by atoms with Crippen molar-refractivity contribution < 1.29 is 19.5 Å². The van der Waals surface area contributed by atoms with Crippen molar-refractivity contribution in [1.29, 1.82) is 5.26 Å². The third-order valence-electron chi connectivity index (χ3n) is 4.39. The molecule has 0 spiro atoms. The number of aliphatic carboxylic acids is 1. The summed E-state index contributed by atoms with van der Waals surface area (Å²) in [6, 6.07) is 1.11. The number of carbonyl (C=O) groups is 3. The average molecular weight is 479 g/mol. The highest BCUT2D eigenvalue weighted by atomic mass is 32.2. The third-order valence-corrected chi connectivity index (χ3v) is 7.60. The van der Waals surface area contributed by atoms with Crippen molar-refractivity contribution >= 4 is 69.9 Å². The van der Waals surface area contributed by atoms with Gasteiger partial charge in [-0.25, -0.2) is 14.8 Å². The molecule has 15 heteroatoms. The highest BCUT2D eigenvalue weighted by Gasteiger charge is 2.54. The topological polar surface area (TPSA) is 191 Å². The summed E-state index contributed by atoms with van der Waals surface area (Å²) in [5, 5.41) is 27.7. The number of carboxylic acid groups (broad SMARTS) is 1. The first-order valence-electron chi connectivity index (χ1n) is 8.70. The van der Waals surface area contributed by atoms with Crippen molar-refractivity contribution in [2.75, 3.05) is 23.0 Å². The molecular formula is C16H14N8O4S3. The zero-order chi connectivity index (χ0) is 22.1. The number of β-lactam (4-membered cyclic amide) rings is 1. The van der Waals surface area contributed by atoms with Crippen LogP contribution < -0.4 is 11.1 Å². The molecule has 2 amide bonds. The number of nitrogen functional groups attached to an aromatic ring is 1. The molecule has 0 saturated carbocycles. The lowest BCUT2D eigenvalue weighted by Gasteiger charge is -2.49. The van der Waals surface area contributed by atoms with Crippen LogP contribution in [-0.4, -0.2) is 76.6 Å².